The largest absolute Gasteiger partial charge is 0.497 e. The molecule has 0 radical (unpaired) electrons. The van der Waals surface area contributed by atoms with E-state index < -0.39 is 12.7 Å². The number of thiocarbonyl (C=S) groups is 1. The third-order valence-corrected chi connectivity index (χ3v) is 3.58. The number of nitrogens with zero attached hydrogens (tertiary/aromatic N) is 1. The molecule has 24 heavy (non-hydrogen) atoms. The van der Waals surface area contributed by atoms with Gasteiger partial charge in [0, 0.05) is 12.2 Å². The minimum Gasteiger partial charge on any atom is -0.497 e. The average molecular weight is 354 g/mol. The Hall–Kier alpha value is -2.28. The molecule has 0 spiro atoms. The highest BCUT2D eigenvalue weighted by atomic mass is 32.1. The van der Waals surface area contributed by atoms with E-state index in [1.165, 1.54) is 7.11 Å². The lowest BCUT2D eigenvalue weighted by Crippen LogP contribution is -2.40. The van der Waals surface area contributed by atoms with E-state index in [0.29, 0.717) is 11.4 Å². The maximum atomic E-state index is 12.9. The van der Waals surface area contributed by atoms with Crippen LogP contribution in [0.5, 0.6) is 5.75 Å². The summed E-state index contributed by atoms with van der Waals surface area (Å²) in [6.45, 7) is -1.05. The van der Waals surface area contributed by atoms with Gasteiger partial charge in [0.2, 0.25) is 0 Å². The Morgan fingerprint density at radius 1 is 1.08 bits per heavy atom. The van der Waals surface area contributed by atoms with Gasteiger partial charge >= 0.3 is 6.18 Å². The maximum absolute atomic E-state index is 12.9. The van der Waals surface area contributed by atoms with E-state index in [9.17, 15) is 13.2 Å². The van der Waals surface area contributed by atoms with Gasteiger partial charge < -0.3 is 15.0 Å². The summed E-state index contributed by atoms with van der Waals surface area (Å²) in [7, 11) is 1.54. The fourth-order valence-corrected chi connectivity index (χ4v) is 2.34. The van der Waals surface area contributed by atoms with Crippen LogP contribution >= 0.6 is 12.2 Å². The standard InChI is InChI=1S/C17H17F3N2OS/c1-23-15-9-7-14(8-10-15)21-16(24)22(12-17(18,19)20)11-13-5-3-2-4-6-13/h2-10H,11-12H2,1H3,(H,21,24). The van der Waals surface area contributed by atoms with Crippen molar-refractivity contribution in [1.29, 1.82) is 0 Å². The Kier molecular flexibility index (Phi) is 6.03. The molecule has 3 nitrogen and oxygen atoms in total. The van der Waals surface area contributed by atoms with Crippen molar-refractivity contribution in [2.45, 2.75) is 12.7 Å². The lowest BCUT2D eigenvalue weighted by atomic mass is 10.2. The lowest BCUT2D eigenvalue weighted by Gasteiger charge is -2.27. The van der Waals surface area contributed by atoms with Crippen molar-refractivity contribution in [3.05, 3.63) is 60.2 Å². The summed E-state index contributed by atoms with van der Waals surface area (Å²) >= 11 is 5.17. The SMILES string of the molecule is COc1ccc(NC(=S)N(Cc2ccccc2)CC(F)(F)F)cc1. The van der Waals surface area contributed by atoms with Crippen LogP contribution in [0, 0.1) is 0 Å². The van der Waals surface area contributed by atoms with E-state index in [1.54, 1.807) is 48.5 Å². The predicted octanol–water partition coefficient (Wildman–Crippen LogP) is 4.46. The topological polar surface area (TPSA) is 24.5 Å². The molecule has 0 unspecified atom stereocenters. The van der Waals surface area contributed by atoms with Crippen LogP contribution in [0.15, 0.2) is 54.6 Å². The molecule has 0 aliphatic heterocycles. The first kappa shape index (κ1) is 18.1. The zero-order chi connectivity index (χ0) is 17.6. The van der Waals surface area contributed by atoms with E-state index in [4.69, 9.17) is 17.0 Å². The summed E-state index contributed by atoms with van der Waals surface area (Å²) < 4.78 is 43.6. The highest BCUT2D eigenvalue weighted by Crippen LogP contribution is 2.20. The molecule has 2 aromatic rings. The predicted molar refractivity (Wildman–Crippen MR) is 92.1 cm³/mol. The summed E-state index contributed by atoms with van der Waals surface area (Å²) in [5.74, 6) is 0.655. The minimum atomic E-state index is -4.35. The molecule has 0 saturated heterocycles. The van der Waals surface area contributed by atoms with Gasteiger partial charge in [-0.15, -0.1) is 0 Å². The summed E-state index contributed by atoms with van der Waals surface area (Å²) in [6, 6.07) is 15.7. The Morgan fingerprint density at radius 3 is 2.25 bits per heavy atom. The molecule has 0 saturated carbocycles. The highest BCUT2D eigenvalue weighted by molar-refractivity contribution is 7.80. The van der Waals surface area contributed by atoms with E-state index in [2.05, 4.69) is 5.32 Å². The van der Waals surface area contributed by atoms with Crippen LogP contribution in [0.4, 0.5) is 18.9 Å². The van der Waals surface area contributed by atoms with Gasteiger partial charge in [0.15, 0.2) is 5.11 Å². The number of hydrogen-bond acceptors (Lipinski definition) is 2. The van der Waals surface area contributed by atoms with Crippen molar-refractivity contribution in [2.24, 2.45) is 0 Å². The third-order valence-electron chi connectivity index (χ3n) is 3.21. The fourth-order valence-electron chi connectivity index (χ4n) is 2.10. The lowest BCUT2D eigenvalue weighted by molar-refractivity contribution is -0.138. The van der Waals surface area contributed by atoms with Gasteiger partial charge in [0.1, 0.15) is 12.3 Å². The Balaban J connectivity index is 2.10. The smallest absolute Gasteiger partial charge is 0.406 e. The first-order valence-corrected chi connectivity index (χ1v) is 7.59. The van der Waals surface area contributed by atoms with Gasteiger partial charge in [0.05, 0.1) is 7.11 Å². The number of hydrogen-bond donors (Lipinski definition) is 1. The summed E-state index contributed by atoms with van der Waals surface area (Å²) in [5, 5.41) is 2.85. The highest BCUT2D eigenvalue weighted by Gasteiger charge is 2.32. The number of halogens is 3. The second kappa shape index (κ2) is 8.01. The normalized spacial score (nSPS) is 11.0. The third kappa shape index (κ3) is 5.73. The van der Waals surface area contributed by atoms with Gasteiger partial charge in [-0.05, 0) is 42.0 Å². The first-order chi connectivity index (χ1) is 11.4. The van der Waals surface area contributed by atoms with Crippen molar-refractivity contribution in [2.75, 3.05) is 19.0 Å². The minimum absolute atomic E-state index is 0.0151. The van der Waals surface area contributed by atoms with Crippen LogP contribution in [0.25, 0.3) is 0 Å². The van der Waals surface area contributed by atoms with Crippen LogP contribution in [0.2, 0.25) is 0 Å². The molecule has 0 aromatic heterocycles. The maximum Gasteiger partial charge on any atom is 0.406 e. The van der Waals surface area contributed by atoms with Gasteiger partial charge in [0.25, 0.3) is 0 Å². The van der Waals surface area contributed by atoms with Crippen LogP contribution in [0.1, 0.15) is 5.56 Å². The monoisotopic (exact) mass is 354 g/mol. The summed E-state index contributed by atoms with van der Waals surface area (Å²) in [4.78, 5) is 1.09. The van der Waals surface area contributed by atoms with Crippen molar-refractivity contribution >= 4 is 23.0 Å². The molecule has 2 aromatic carbocycles. The summed E-state index contributed by atoms with van der Waals surface area (Å²) in [6.07, 6.45) is -4.35. The number of methoxy groups -OCH3 is 1. The number of ether oxygens (including phenoxy) is 1. The van der Waals surface area contributed by atoms with E-state index in [-0.39, 0.29) is 11.7 Å². The molecular formula is C17H17F3N2OS. The zero-order valence-electron chi connectivity index (χ0n) is 13.0. The van der Waals surface area contributed by atoms with Crippen LogP contribution in [-0.4, -0.2) is 29.8 Å². The molecule has 0 aliphatic carbocycles. The molecule has 0 fully saturated rings. The number of rotatable bonds is 5. The van der Waals surface area contributed by atoms with Gasteiger partial charge in [-0.2, -0.15) is 13.2 Å². The van der Waals surface area contributed by atoms with Crippen molar-refractivity contribution in [3.63, 3.8) is 0 Å². The number of nitrogens with one attached hydrogen (secondary N) is 1. The van der Waals surface area contributed by atoms with Crippen molar-refractivity contribution in [1.82, 2.24) is 4.90 Å². The molecule has 2 rings (SSSR count). The number of anilines is 1. The Labute approximate surface area is 144 Å². The number of alkyl halides is 3. The molecule has 128 valence electrons. The van der Waals surface area contributed by atoms with E-state index in [0.717, 1.165) is 10.5 Å². The van der Waals surface area contributed by atoms with E-state index in [1.807, 2.05) is 6.07 Å². The molecule has 1 N–H and O–H groups in total. The van der Waals surface area contributed by atoms with Crippen LogP contribution < -0.4 is 10.1 Å². The van der Waals surface area contributed by atoms with Gasteiger partial charge in [-0.1, -0.05) is 30.3 Å². The average Bonchev–Trinajstić information content (AvgIpc) is 2.54. The molecule has 0 aliphatic rings. The van der Waals surface area contributed by atoms with Crippen LogP contribution in [-0.2, 0) is 6.54 Å². The van der Waals surface area contributed by atoms with E-state index >= 15 is 0 Å². The molecule has 0 bridgehead atoms. The fraction of sp³-hybridized carbons (Fsp3) is 0.235. The quantitative estimate of drug-likeness (QED) is 0.802. The Morgan fingerprint density at radius 2 is 1.71 bits per heavy atom. The van der Waals surface area contributed by atoms with Crippen molar-refractivity contribution in [3.8, 4) is 5.75 Å². The Bertz CT molecular complexity index is 660. The molecule has 0 amide bonds. The van der Waals surface area contributed by atoms with Gasteiger partial charge in [-0.3, -0.25) is 0 Å². The first-order valence-electron chi connectivity index (χ1n) is 7.18. The molecular weight excluding hydrogens is 337 g/mol. The van der Waals surface area contributed by atoms with Gasteiger partial charge in [-0.25, -0.2) is 0 Å². The zero-order valence-corrected chi connectivity index (χ0v) is 13.8. The van der Waals surface area contributed by atoms with Crippen LogP contribution in [0.3, 0.4) is 0 Å². The second-order valence-electron chi connectivity index (χ2n) is 5.12. The molecule has 7 heteroatoms. The molecule has 0 heterocycles. The van der Waals surface area contributed by atoms with Crippen molar-refractivity contribution < 1.29 is 17.9 Å². The molecule has 0 atom stereocenters. The second-order valence-corrected chi connectivity index (χ2v) is 5.50. The summed E-state index contributed by atoms with van der Waals surface area (Å²) in [5.41, 5.74) is 1.35. The number of benzene rings is 2.